The van der Waals surface area contributed by atoms with Gasteiger partial charge in [-0.3, -0.25) is 4.79 Å². The van der Waals surface area contributed by atoms with Crippen LogP contribution < -0.4 is 0 Å². The van der Waals surface area contributed by atoms with Crippen LogP contribution in [0.4, 0.5) is 4.39 Å². The number of hydrogen-bond acceptors (Lipinski definition) is 2. The molecule has 0 saturated carbocycles. The largest absolute Gasteiger partial charge is 0.338 e. The Kier molecular flexibility index (Phi) is 5.24. The number of benzene rings is 2. The third-order valence-corrected chi connectivity index (χ3v) is 5.89. The van der Waals surface area contributed by atoms with Gasteiger partial charge in [-0.05, 0) is 49.1 Å². The summed E-state index contributed by atoms with van der Waals surface area (Å²) in [6.45, 7) is 5.26. The highest BCUT2D eigenvalue weighted by atomic mass is 32.2. The third kappa shape index (κ3) is 3.64. The maximum absolute atomic E-state index is 13.7. The van der Waals surface area contributed by atoms with Crippen molar-refractivity contribution in [2.45, 2.75) is 25.5 Å². The summed E-state index contributed by atoms with van der Waals surface area (Å²) in [5.74, 6) is 0.516. The van der Waals surface area contributed by atoms with Crippen LogP contribution in [0.2, 0.25) is 0 Å². The molecule has 0 spiro atoms. The number of hydrogen-bond donors (Lipinski definition) is 0. The van der Waals surface area contributed by atoms with Crippen LogP contribution >= 0.6 is 11.8 Å². The summed E-state index contributed by atoms with van der Waals surface area (Å²) < 4.78 is 13.7. The Bertz CT molecular complexity index is 746. The molecular weight excluding hydrogens is 321 g/mol. The normalized spacial score (nSPS) is 18.3. The topological polar surface area (TPSA) is 20.3 Å². The number of aryl methyl sites for hydroxylation is 2. The molecule has 1 amide bonds. The van der Waals surface area contributed by atoms with Crippen molar-refractivity contribution in [3.63, 3.8) is 0 Å². The fraction of sp³-hybridized carbons (Fsp3) is 0.350. The monoisotopic (exact) mass is 343 g/mol. The maximum Gasteiger partial charge on any atom is 0.253 e. The molecular formula is C20H22FNOS. The number of carbonyl (C=O) groups is 1. The molecule has 24 heavy (non-hydrogen) atoms. The van der Waals surface area contributed by atoms with E-state index in [0.29, 0.717) is 29.5 Å². The second-order valence-electron chi connectivity index (χ2n) is 6.26. The first kappa shape index (κ1) is 17.0. The highest BCUT2D eigenvalue weighted by Crippen LogP contribution is 2.36. The van der Waals surface area contributed by atoms with E-state index in [-0.39, 0.29) is 11.7 Å². The minimum atomic E-state index is -0.317. The molecule has 1 fully saturated rings. The van der Waals surface area contributed by atoms with Gasteiger partial charge in [-0.25, -0.2) is 4.39 Å². The van der Waals surface area contributed by atoms with Crippen molar-refractivity contribution in [2.24, 2.45) is 0 Å². The van der Waals surface area contributed by atoms with Crippen LogP contribution in [0.5, 0.6) is 0 Å². The van der Waals surface area contributed by atoms with Crippen LogP contribution in [-0.4, -0.2) is 29.6 Å². The molecule has 0 radical (unpaired) electrons. The maximum atomic E-state index is 13.7. The van der Waals surface area contributed by atoms with Gasteiger partial charge in [0.1, 0.15) is 5.82 Å². The van der Waals surface area contributed by atoms with E-state index < -0.39 is 0 Å². The Morgan fingerprint density at radius 2 is 1.92 bits per heavy atom. The summed E-state index contributed by atoms with van der Waals surface area (Å²) >= 11 is 1.91. The zero-order valence-corrected chi connectivity index (χ0v) is 14.9. The van der Waals surface area contributed by atoms with Crippen LogP contribution in [0.15, 0.2) is 42.5 Å². The number of halogens is 1. The van der Waals surface area contributed by atoms with Gasteiger partial charge >= 0.3 is 0 Å². The summed E-state index contributed by atoms with van der Waals surface area (Å²) in [6.07, 6.45) is 0.926. The molecule has 1 heterocycles. The Hall–Kier alpha value is -1.81. The molecule has 4 heteroatoms. The lowest BCUT2D eigenvalue weighted by Gasteiger charge is -2.21. The lowest BCUT2D eigenvalue weighted by molar-refractivity contribution is 0.0766. The molecule has 0 aromatic heterocycles. The molecule has 2 aromatic carbocycles. The Labute approximate surface area is 147 Å². The summed E-state index contributed by atoms with van der Waals surface area (Å²) in [7, 11) is 0. The lowest BCUT2D eigenvalue weighted by Crippen LogP contribution is -2.33. The molecule has 0 aliphatic carbocycles. The van der Waals surface area contributed by atoms with E-state index in [1.165, 1.54) is 17.2 Å². The summed E-state index contributed by atoms with van der Waals surface area (Å²) in [5.41, 5.74) is 3.67. The first-order chi connectivity index (χ1) is 11.6. The molecule has 2 aromatic rings. The SMILES string of the molecule is Cc1ccc(C(=O)N2CCSC(c3ccccc3C)CC2)cc1F. The zero-order valence-electron chi connectivity index (χ0n) is 14.1. The van der Waals surface area contributed by atoms with Gasteiger partial charge in [0.05, 0.1) is 0 Å². The predicted molar refractivity (Wildman–Crippen MR) is 98.0 cm³/mol. The van der Waals surface area contributed by atoms with E-state index in [1.54, 1.807) is 19.1 Å². The van der Waals surface area contributed by atoms with Crippen molar-refractivity contribution < 1.29 is 9.18 Å². The van der Waals surface area contributed by atoms with Crippen molar-refractivity contribution in [1.29, 1.82) is 0 Å². The summed E-state index contributed by atoms with van der Waals surface area (Å²) in [4.78, 5) is 14.5. The van der Waals surface area contributed by atoms with Crippen molar-refractivity contribution in [3.05, 3.63) is 70.5 Å². The second-order valence-corrected chi connectivity index (χ2v) is 7.57. The quantitative estimate of drug-likeness (QED) is 0.783. The van der Waals surface area contributed by atoms with Crippen molar-refractivity contribution >= 4 is 17.7 Å². The van der Waals surface area contributed by atoms with Gasteiger partial charge in [-0.2, -0.15) is 11.8 Å². The molecule has 1 aliphatic rings. The fourth-order valence-electron chi connectivity index (χ4n) is 3.08. The van der Waals surface area contributed by atoms with E-state index in [0.717, 1.165) is 12.2 Å². The van der Waals surface area contributed by atoms with Gasteiger partial charge in [0, 0.05) is 29.7 Å². The average Bonchev–Trinajstić information content (AvgIpc) is 2.83. The molecule has 0 N–H and O–H groups in total. The highest BCUT2D eigenvalue weighted by molar-refractivity contribution is 7.99. The van der Waals surface area contributed by atoms with E-state index >= 15 is 0 Å². The van der Waals surface area contributed by atoms with Gasteiger partial charge in [0.2, 0.25) is 0 Å². The van der Waals surface area contributed by atoms with Gasteiger partial charge in [0.25, 0.3) is 5.91 Å². The highest BCUT2D eigenvalue weighted by Gasteiger charge is 2.23. The van der Waals surface area contributed by atoms with E-state index in [2.05, 4.69) is 31.2 Å². The number of rotatable bonds is 2. The molecule has 1 atom stereocenters. The van der Waals surface area contributed by atoms with Gasteiger partial charge < -0.3 is 4.90 Å². The zero-order chi connectivity index (χ0) is 17.1. The van der Waals surface area contributed by atoms with Crippen molar-refractivity contribution in [3.8, 4) is 0 Å². The Balaban J connectivity index is 1.72. The Morgan fingerprint density at radius 3 is 2.67 bits per heavy atom. The molecule has 1 aliphatic heterocycles. The fourth-order valence-corrected chi connectivity index (χ4v) is 4.40. The standard InChI is InChI=1S/C20H22FNOS/c1-14-5-3-4-6-17(14)19-9-10-22(11-12-24-19)20(23)16-8-7-15(2)18(21)13-16/h3-8,13,19H,9-12H2,1-2H3. The number of amides is 1. The van der Waals surface area contributed by atoms with Crippen molar-refractivity contribution in [2.75, 3.05) is 18.8 Å². The smallest absolute Gasteiger partial charge is 0.253 e. The molecule has 0 bridgehead atoms. The number of thioether (sulfide) groups is 1. The molecule has 2 nitrogen and oxygen atoms in total. The minimum Gasteiger partial charge on any atom is -0.338 e. The van der Waals surface area contributed by atoms with Gasteiger partial charge in [0.15, 0.2) is 0 Å². The first-order valence-corrected chi connectivity index (χ1v) is 9.33. The van der Waals surface area contributed by atoms with Crippen LogP contribution in [-0.2, 0) is 0 Å². The van der Waals surface area contributed by atoms with Crippen LogP contribution in [0, 0.1) is 19.7 Å². The van der Waals surface area contributed by atoms with E-state index in [1.807, 2.05) is 16.7 Å². The minimum absolute atomic E-state index is 0.0695. The molecule has 1 saturated heterocycles. The summed E-state index contributed by atoms with van der Waals surface area (Å²) in [5, 5.41) is 0.416. The van der Waals surface area contributed by atoms with Crippen LogP contribution in [0.1, 0.15) is 38.7 Å². The Morgan fingerprint density at radius 1 is 1.12 bits per heavy atom. The first-order valence-electron chi connectivity index (χ1n) is 8.29. The number of carbonyl (C=O) groups excluding carboxylic acids is 1. The van der Waals surface area contributed by atoms with Gasteiger partial charge in [-0.15, -0.1) is 0 Å². The van der Waals surface area contributed by atoms with E-state index in [9.17, 15) is 9.18 Å². The molecule has 3 rings (SSSR count). The lowest BCUT2D eigenvalue weighted by atomic mass is 10.0. The van der Waals surface area contributed by atoms with Crippen LogP contribution in [0.3, 0.4) is 0 Å². The van der Waals surface area contributed by atoms with Crippen molar-refractivity contribution in [1.82, 2.24) is 4.90 Å². The average molecular weight is 343 g/mol. The predicted octanol–water partition coefficient (Wildman–Crippen LogP) is 4.76. The second kappa shape index (κ2) is 7.39. The van der Waals surface area contributed by atoms with Crippen LogP contribution in [0.25, 0.3) is 0 Å². The summed E-state index contributed by atoms with van der Waals surface area (Å²) in [6, 6.07) is 13.2. The number of nitrogens with zero attached hydrogens (tertiary/aromatic N) is 1. The molecule has 1 unspecified atom stereocenters. The molecule has 126 valence electrons. The third-order valence-electron chi connectivity index (χ3n) is 4.58. The van der Waals surface area contributed by atoms with Gasteiger partial charge in [-0.1, -0.05) is 30.3 Å². The van der Waals surface area contributed by atoms with E-state index in [4.69, 9.17) is 0 Å².